The third-order valence-corrected chi connectivity index (χ3v) is 7.26. The van der Waals surface area contributed by atoms with E-state index < -0.39 is 0 Å². The first-order valence-corrected chi connectivity index (χ1v) is 13.8. The van der Waals surface area contributed by atoms with Crippen molar-refractivity contribution in [1.29, 1.82) is 0 Å². The minimum atomic E-state index is -0.367. The number of aromatic nitrogens is 1. The number of hydrogen-bond acceptors (Lipinski definition) is 4. The number of halogens is 1. The van der Waals surface area contributed by atoms with Gasteiger partial charge in [-0.15, -0.1) is 0 Å². The molecule has 0 aliphatic carbocycles. The Hall–Kier alpha value is -4.17. The van der Waals surface area contributed by atoms with Crippen LogP contribution in [0.4, 0.5) is 4.39 Å². The van der Waals surface area contributed by atoms with Crippen molar-refractivity contribution < 1.29 is 18.4 Å². The van der Waals surface area contributed by atoms with Gasteiger partial charge in [0, 0.05) is 56.7 Å². The molecule has 2 amide bonds. The molecule has 0 spiro atoms. The maximum Gasteiger partial charge on any atom is 0.289 e. The lowest BCUT2D eigenvalue weighted by atomic mass is 10.2. The molecule has 4 aromatic rings. The van der Waals surface area contributed by atoms with Crippen LogP contribution in [0.3, 0.4) is 0 Å². The molecule has 0 radical (unpaired) electrons. The van der Waals surface area contributed by atoms with E-state index in [9.17, 15) is 14.0 Å². The van der Waals surface area contributed by atoms with Crippen LogP contribution < -0.4 is 0 Å². The Kier molecular flexibility index (Phi) is 8.76. The maximum atomic E-state index is 13.3. The monoisotopic (exact) mass is 542 g/mol. The van der Waals surface area contributed by atoms with E-state index in [4.69, 9.17) is 4.42 Å². The number of rotatable bonds is 10. The first kappa shape index (κ1) is 27.4. The summed E-state index contributed by atoms with van der Waals surface area (Å²) < 4.78 is 21.4. The minimum absolute atomic E-state index is 0.0858. The Morgan fingerprint density at radius 3 is 2.35 bits per heavy atom. The van der Waals surface area contributed by atoms with Gasteiger partial charge in [0.15, 0.2) is 5.76 Å². The molecule has 1 aliphatic heterocycles. The van der Waals surface area contributed by atoms with Crippen molar-refractivity contribution >= 4 is 11.8 Å². The summed E-state index contributed by atoms with van der Waals surface area (Å²) in [7, 11) is 0. The second-order valence-corrected chi connectivity index (χ2v) is 10.2. The fourth-order valence-corrected chi connectivity index (χ4v) is 5.09. The van der Waals surface area contributed by atoms with Crippen molar-refractivity contribution in [1.82, 2.24) is 19.3 Å². The lowest BCUT2D eigenvalue weighted by Gasteiger charge is -2.34. The molecule has 2 aromatic heterocycles. The molecule has 2 aromatic carbocycles. The van der Waals surface area contributed by atoms with Crippen LogP contribution in [-0.4, -0.2) is 63.8 Å². The highest BCUT2D eigenvalue weighted by Gasteiger charge is 2.24. The molecule has 0 bridgehead atoms. The van der Waals surface area contributed by atoms with Gasteiger partial charge in [-0.2, -0.15) is 0 Å². The van der Waals surface area contributed by atoms with Gasteiger partial charge in [-0.3, -0.25) is 14.5 Å². The zero-order valence-corrected chi connectivity index (χ0v) is 22.8. The van der Waals surface area contributed by atoms with Gasteiger partial charge >= 0.3 is 0 Å². The van der Waals surface area contributed by atoms with Gasteiger partial charge in [0.2, 0.25) is 0 Å². The highest BCUT2D eigenvalue weighted by molar-refractivity contribution is 5.94. The Morgan fingerprint density at radius 1 is 0.875 bits per heavy atom. The van der Waals surface area contributed by atoms with Crippen molar-refractivity contribution in [2.75, 3.05) is 32.7 Å². The van der Waals surface area contributed by atoms with Crippen LogP contribution in [-0.2, 0) is 19.6 Å². The van der Waals surface area contributed by atoms with E-state index in [2.05, 4.69) is 29.2 Å². The fourth-order valence-electron chi connectivity index (χ4n) is 5.09. The number of carbonyl (C=O) groups is 2. The Morgan fingerprint density at radius 2 is 1.62 bits per heavy atom. The zero-order chi connectivity index (χ0) is 27.9. The van der Waals surface area contributed by atoms with E-state index in [1.54, 1.807) is 11.0 Å². The van der Waals surface area contributed by atoms with Crippen LogP contribution in [0.2, 0.25) is 0 Å². The molecule has 3 heterocycles. The van der Waals surface area contributed by atoms with Crippen LogP contribution in [0.5, 0.6) is 0 Å². The van der Waals surface area contributed by atoms with Crippen molar-refractivity contribution in [2.45, 2.75) is 33.0 Å². The van der Waals surface area contributed by atoms with E-state index in [0.29, 0.717) is 49.8 Å². The van der Waals surface area contributed by atoms with Crippen molar-refractivity contribution in [2.24, 2.45) is 0 Å². The third-order valence-electron chi connectivity index (χ3n) is 7.26. The first-order chi connectivity index (χ1) is 19.5. The lowest BCUT2D eigenvalue weighted by molar-refractivity contribution is 0.0595. The molecule has 1 fully saturated rings. The molecule has 1 aliphatic rings. The van der Waals surface area contributed by atoms with Gasteiger partial charge in [0.1, 0.15) is 11.6 Å². The smallest absolute Gasteiger partial charge is 0.289 e. The van der Waals surface area contributed by atoms with Gasteiger partial charge in [0.05, 0.1) is 13.1 Å². The molecular formula is C32H35FN4O3. The van der Waals surface area contributed by atoms with Crippen LogP contribution in [0.15, 0.2) is 89.5 Å². The molecule has 0 unspecified atom stereocenters. The molecule has 40 heavy (non-hydrogen) atoms. The van der Waals surface area contributed by atoms with Gasteiger partial charge in [-0.05, 0) is 60.5 Å². The van der Waals surface area contributed by atoms with Gasteiger partial charge in [-0.1, -0.05) is 37.3 Å². The van der Waals surface area contributed by atoms with Crippen LogP contribution in [0.25, 0.3) is 0 Å². The average molecular weight is 543 g/mol. The zero-order valence-electron chi connectivity index (χ0n) is 22.8. The summed E-state index contributed by atoms with van der Waals surface area (Å²) in [6.07, 6.45) is 2.75. The number of carbonyl (C=O) groups excluding carboxylic acids is 2. The number of piperazine rings is 1. The second kappa shape index (κ2) is 12.8. The summed E-state index contributed by atoms with van der Waals surface area (Å²) in [6, 6.07) is 23.5. The topological polar surface area (TPSA) is 61.9 Å². The summed E-state index contributed by atoms with van der Waals surface area (Å²) in [6.45, 7) is 7.34. The van der Waals surface area contributed by atoms with Crippen LogP contribution >= 0.6 is 0 Å². The summed E-state index contributed by atoms with van der Waals surface area (Å²) in [5.41, 5.74) is 2.69. The van der Waals surface area contributed by atoms with E-state index in [1.165, 1.54) is 29.8 Å². The van der Waals surface area contributed by atoms with E-state index in [0.717, 1.165) is 31.7 Å². The SMILES string of the molecule is CCCN(Cc1cccn1Cc1ccc(C(=O)N2CCN(Cc3ccccc3)CC2)o1)C(=O)c1ccc(F)cc1. The number of nitrogens with zero attached hydrogens (tertiary/aromatic N) is 4. The van der Waals surface area contributed by atoms with Crippen LogP contribution in [0.1, 0.15) is 51.3 Å². The predicted octanol–water partition coefficient (Wildman–Crippen LogP) is 5.28. The van der Waals surface area contributed by atoms with Gasteiger partial charge < -0.3 is 18.8 Å². The quantitative estimate of drug-likeness (QED) is 0.274. The number of hydrogen-bond donors (Lipinski definition) is 0. The predicted molar refractivity (Wildman–Crippen MR) is 151 cm³/mol. The molecule has 0 atom stereocenters. The summed E-state index contributed by atoms with van der Waals surface area (Å²) in [5.74, 6) is 0.436. The molecule has 1 saturated heterocycles. The van der Waals surface area contributed by atoms with E-state index in [1.807, 2.05) is 46.9 Å². The number of furan rings is 1. The highest BCUT2D eigenvalue weighted by atomic mass is 19.1. The molecule has 7 nitrogen and oxygen atoms in total. The van der Waals surface area contributed by atoms with Gasteiger partial charge in [0.25, 0.3) is 11.8 Å². The normalized spacial score (nSPS) is 13.9. The standard InChI is InChI=1S/C32H35FN4O3/c1-2-16-37(31(38)26-10-12-27(33)13-11-26)23-28-9-6-17-36(28)24-29-14-15-30(40-29)32(39)35-20-18-34(19-21-35)22-25-7-4-3-5-8-25/h3-15,17H,2,16,18-24H2,1H3. The molecule has 0 N–H and O–H groups in total. The highest BCUT2D eigenvalue weighted by Crippen LogP contribution is 2.18. The van der Waals surface area contributed by atoms with Gasteiger partial charge in [-0.25, -0.2) is 4.39 Å². The largest absolute Gasteiger partial charge is 0.454 e. The second-order valence-electron chi connectivity index (χ2n) is 10.2. The maximum absolute atomic E-state index is 13.3. The third kappa shape index (κ3) is 6.69. The molecule has 208 valence electrons. The molecule has 5 rings (SSSR count). The summed E-state index contributed by atoms with van der Waals surface area (Å²) >= 11 is 0. The molecule has 8 heteroatoms. The summed E-state index contributed by atoms with van der Waals surface area (Å²) in [5, 5.41) is 0. The van der Waals surface area contributed by atoms with E-state index >= 15 is 0 Å². The Labute approximate surface area is 234 Å². The van der Waals surface area contributed by atoms with E-state index in [-0.39, 0.29) is 17.6 Å². The fraction of sp³-hybridized carbons (Fsp3) is 0.312. The number of amides is 2. The molecular weight excluding hydrogens is 507 g/mol. The Balaban J connectivity index is 1.18. The summed E-state index contributed by atoms with van der Waals surface area (Å²) in [4.78, 5) is 32.2. The Bertz CT molecular complexity index is 1410. The number of benzene rings is 2. The van der Waals surface area contributed by atoms with Crippen molar-refractivity contribution in [3.8, 4) is 0 Å². The minimum Gasteiger partial charge on any atom is -0.454 e. The first-order valence-electron chi connectivity index (χ1n) is 13.8. The average Bonchev–Trinajstić information content (AvgIpc) is 3.63. The van der Waals surface area contributed by atoms with Crippen LogP contribution in [0, 0.1) is 5.82 Å². The van der Waals surface area contributed by atoms with Crippen molar-refractivity contribution in [3.05, 3.63) is 119 Å². The molecule has 0 saturated carbocycles. The van der Waals surface area contributed by atoms with Crippen molar-refractivity contribution in [3.63, 3.8) is 0 Å². The lowest BCUT2D eigenvalue weighted by Crippen LogP contribution is -2.48.